The van der Waals surface area contributed by atoms with Gasteiger partial charge in [0.25, 0.3) is 0 Å². The second kappa shape index (κ2) is 3.86. The number of nitrogens with one attached hydrogen (secondary N) is 1. The van der Waals surface area contributed by atoms with Crippen molar-refractivity contribution in [3.05, 3.63) is 47.4 Å². The molecule has 2 heterocycles. The van der Waals surface area contributed by atoms with Gasteiger partial charge in [-0.15, -0.1) is 0 Å². The average Bonchev–Trinajstić information content (AvgIpc) is 2.76. The van der Waals surface area contributed by atoms with Gasteiger partial charge in [0, 0.05) is 17.1 Å². The number of fused-ring (bicyclic) bond motifs is 1. The zero-order valence-corrected chi connectivity index (χ0v) is 9.99. The van der Waals surface area contributed by atoms with Crippen molar-refractivity contribution in [1.29, 1.82) is 0 Å². The van der Waals surface area contributed by atoms with Gasteiger partial charge in [-0.05, 0) is 30.2 Å². The molecule has 0 atom stereocenters. The average molecular weight is 244 g/mol. The third-order valence-corrected chi connectivity index (χ3v) is 2.96. The summed E-state index contributed by atoms with van der Waals surface area (Å²) < 4.78 is 0. The Kier molecular flexibility index (Phi) is 2.34. The summed E-state index contributed by atoms with van der Waals surface area (Å²) >= 11 is 5.94. The van der Waals surface area contributed by atoms with Crippen LogP contribution in [0.15, 0.2) is 36.5 Å². The van der Waals surface area contributed by atoms with E-state index < -0.39 is 0 Å². The first kappa shape index (κ1) is 10.3. The van der Waals surface area contributed by atoms with Gasteiger partial charge in [0.2, 0.25) is 5.28 Å². The Labute approximate surface area is 103 Å². The van der Waals surface area contributed by atoms with E-state index in [-0.39, 0.29) is 5.28 Å². The molecule has 0 amide bonds. The number of nitrogens with zero attached hydrogens (tertiary/aromatic N) is 2. The number of H-pyrrole nitrogens is 1. The smallest absolute Gasteiger partial charge is 0.224 e. The summed E-state index contributed by atoms with van der Waals surface area (Å²) in [5.41, 5.74) is 3.90. The van der Waals surface area contributed by atoms with Crippen molar-refractivity contribution in [1.82, 2.24) is 15.0 Å². The molecule has 1 N–H and O–H groups in total. The van der Waals surface area contributed by atoms with Crippen molar-refractivity contribution >= 4 is 22.6 Å². The van der Waals surface area contributed by atoms with Crippen molar-refractivity contribution in [3.8, 4) is 11.3 Å². The molecule has 84 valence electrons. The summed E-state index contributed by atoms with van der Waals surface area (Å²) in [6, 6.07) is 10.1. The van der Waals surface area contributed by atoms with Gasteiger partial charge >= 0.3 is 0 Å². The Balaban J connectivity index is 2.37. The second-order valence-electron chi connectivity index (χ2n) is 3.90. The van der Waals surface area contributed by atoms with Crippen LogP contribution in [0, 0.1) is 6.92 Å². The number of rotatable bonds is 1. The fourth-order valence-corrected chi connectivity index (χ4v) is 2.13. The van der Waals surface area contributed by atoms with Crippen LogP contribution in [0.2, 0.25) is 5.28 Å². The van der Waals surface area contributed by atoms with Gasteiger partial charge in [-0.2, -0.15) is 4.98 Å². The van der Waals surface area contributed by atoms with E-state index in [2.05, 4.69) is 27.9 Å². The topological polar surface area (TPSA) is 41.6 Å². The lowest BCUT2D eigenvalue weighted by atomic mass is 10.0. The maximum atomic E-state index is 5.94. The predicted octanol–water partition coefficient (Wildman–Crippen LogP) is 3.59. The van der Waals surface area contributed by atoms with E-state index in [9.17, 15) is 0 Å². The van der Waals surface area contributed by atoms with E-state index in [0.29, 0.717) is 0 Å². The van der Waals surface area contributed by atoms with E-state index in [1.54, 1.807) is 0 Å². The molecule has 17 heavy (non-hydrogen) atoms. The highest BCUT2D eigenvalue weighted by Crippen LogP contribution is 2.28. The van der Waals surface area contributed by atoms with Crippen LogP contribution in [-0.2, 0) is 0 Å². The van der Waals surface area contributed by atoms with Crippen molar-refractivity contribution in [2.45, 2.75) is 6.92 Å². The maximum Gasteiger partial charge on any atom is 0.224 e. The Morgan fingerprint density at radius 1 is 1.12 bits per heavy atom. The maximum absolute atomic E-state index is 5.94. The molecule has 3 aromatic rings. The van der Waals surface area contributed by atoms with E-state index in [1.165, 1.54) is 5.56 Å². The number of hydrogen-bond acceptors (Lipinski definition) is 2. The molecule has 1 aromatic carbocycles. The molecule has 0 aliphatic carbocycles. The van der Waals surface area contributed by atoms with Gasteiger partial charge in [0.05, 0.1) is 5.69 Å². The number of aromatic nitrogens is 3. The summed E-state index contributed by atoms with van der Waals surface area (Å²) in [7, 11) is 0. The van der Waals surface area contributed by atoms with Crippen LogP contribution in [0.25, 0.3) is 22.3 Å². The monoisotopic (exact) mass is 243 g/mol. The molecular weight excluding hydrogens is 234 g/mol. The fourth-order valence-electron chi connectivity index (χ4n) is 1.96. The van der Waals surface area contributed by atoms with Crippen LogP contribution >= 0.6 is 11.6 Å². The number of aryl methyl sites for hydroxylation is 1. The van der Waals surface area contributed by atoms with Gasteiger partial charge < -0.3 is 4.98 Å². The fraction of sp³-hybridized carbons (Fsp3) is 0.0769. The van der Waals surface area contributed by atoms with E-state index >= 15 is 0 Å². The van der Waals surface area contributed by atoms with Gasteiger partial charge in [-0.25, -0.2) is 4.98 Å². The number of halogens is 1. The zero-order chi connectivity index (χ0) is 11.8. The lowest BCUT2D eigenvalue weighted by Gasteiger charge is -2.06. The minimum Gasteiger partial charge on any atom is -0.346 e. The van der Waals surface area contributed by atoms with Crippen LogP contribution in [-0.4, -0.2) is 15.0 Å². The van der Waals surface area contributed by atoms with Gasteiger partial charge in [0.15, 0.2) is 0 Å². The lowest BCUT2D eigenvalue weighted by Crippen LogP contribution is -1.91. The number of benzene rings is 1. The highest BCUT2D eigenvalue weighted by Gasteiger charge is 2.10. The first-order valence-electron chi connectivity index (χ1n) is 5.32. The predicted molar refractivity (Wildman–Crippen MR) is 69.1 cm³/mol. The molecule has 0 radical (unpaired) electrons. The molecule has 0 aliphatic heterocycles. The first-order valence-corrected chi connectivity index (χ1v) is 5.70. The summed E-state index contributed by atoms with van der Waals surface area (Å²) in [6.45, 7) is 2.06. The van der Waals surface area contributed by atoms with Crippen LogP contribution in [0.5, 0.6) is 0 Å². The minimum absolute atomic E-state index is 0.262. The summed E-state index contributed by atoms with van der Waals surface area (Å²) in [5.74, 6) is 0. The molecule has 0 spiro atoms. The zero-order valence-electron chi connectivity index (χ0n) is 9.24. The van der Waals surface area contributed by atoms with Crippen LogP contribution in [0.1, 0.15) is 5.56 Å². The van der Waals surface area contributed by atoms with Gasteiger partial charge in [0.1, 0.15) is 5.65 Å². The highest BCUT2D eigenvalue weighted by molar-refractivity contribution is 6.28. The third kappa shape index (κ3) is 1.68. The number of aromatic amines is 1. The normalized spacial score (nSPS) is 10.9. The molecule has 0 unspecified atom stereocenters. The molecule has 3 rings (SSSR count). The third-order valence-electron chi connectivity index (χ3n) is 2.79. The van der Waals surface area contributed by atoms with Crippen molar-refractivity contribution < 1.29 is 0 Å². The van der Waals surface area contributed by atoms with E-state index in [0.717, 1.165) is 22.3 Å². The van der Waals surface area contributed by atoms with Crippen molar-refractivity contribution in [2.75, 3.05) is 0 Å². The van der Waals surface area contributed by atoms with E-state index in [1.807, 2.05) is 30.5 Å². The molecule has 0 saturated carbocycles. The summed E-state index contributed by atoms with van der Waals surface area (Å²) in [6.07, 6.45) is 1.84. The molecule has 3 nitrogen and oxygen atoms in total. The van der Waals surface area contributed by atoms with Crippen molar-refractivity contribution in [3.63, 3.8) is 0 Å². The summed E-state index contributed by atoms with van der Waals surface area (Å²) in [5, 5.41) is 1.25. The summed E-state index contributed by atoms with van der Waals surface area (Å²) in [4.78, 5) is 11.5. The molecule has 0 aliphatic rings. The molecule has 0 bridgehead atoms. The highest BCUT2D eigenvalue weighted by atomic mass is 35.5. The van der Waals surface area contributed by atoms with E-state index in [4.69, 9.17) is 11.6 Å². The Morgan fingerprint density at radius 2 is 1.94 bits per heavy atom. The van der Waals surface area contributed by atoms with Crippen molar-refractivity contribution in [2.24, 2.45) is 0 Å². The molecule has 4 heteroatoms. The number of hydrogen-bond donors (Lipinski definition) is 1. The quantitative estimate of drug-likeness (QED) is 0.664. The Morgan fingerprint density at radius 3 is 2.76 bits per heavy atom. The molecule has 0 fully saturated rings. The first-order chi connectivity index (χ1) is 8.25. The van der Waals surface area contributed by atoms with Crippen LogP contribution < -0.4 is 0 Å². The Bertz CT molecular complexity index is 688. The molecular formula is C13H10ClN3. The SMILES string of the molecule is Cc1ccccc1-c1nc(Cl)nc2[nH]ccc12. The van der Waals surface area contributed by atoms with Gasteiger partial charge in [-0.1, -0.05) is 24.3 Å². The minimum atomic E-state index is 0.262. The van der Waals surface area contributed by atoms with Crippen LogP contribution in [0.3, 0.4) is 0 Å². The van der Waals surface area contributed by atoms with Crippen LogP contribution in [0.4, 0.5) is 0 Å². The second-order valence-corrected chi connectivity index (χ2v) is 4.23. The van der Waals surface area contributed by atoms with Gasteiger partial charge in [-0.3, -0.25) is 0 Å². The standard InChI is InChI=1S/C13H10ClN3/c1-8-4-2-3-5-9(8)11-10-6-7-15-12(10)17-13(14)16-11/h2-7H,1H3,(H,15,16,17). The Hall–Kier alpha value is -1.87. The largest absolute Gasteiger partial charge is 0.346 e. The lowest BCUT2D eigenvalue weighted by molar-refractivity contribution is 1.20. The molecule has 0 saturated heterocycles. The molecule has 2 aromatic heterocycles.